The van der Waals surface area contributed by atoms with Gasteiger partial charge in [0.15, 0.2) is 6.61 Å². The summed E-state index contributed by atoms with van der Waals surface area (Å²) in [4.78, 5) is 113. The number of unbranched alkanes of at least 4 members (excludes halogenated alkanes) is 3. The topological polar surface area (TPSA) is 209 Å². The van der Waals surface area contributed by atoms with E-state index in [0.29, 0.717) is 47.8 Å². The molecule has 17 heteroatoms. The first-order chi connectivity index (χ1) is 35.0. The Morgan fingerprint density at radius 3 is 2.19 bits per heavy atom. The Balaban J connectivity index is 0.739. The number of imide groups is 2. The van der Waals surface area contributed by atoms with E-state index >= 15 is 0 Å². The molecule has 8 rings (SSSR count). The average molecular weight is 991 g/mol. The van der Waals surface area contributed by atoms with Crippen LogP contribution in [0.25, 0.3) is 11.3 Å². The number of ether oxygens (including phenoxy) is 1. The molecule has 7 amide bonds. The van der Waals surface area contributed by atoms with Crippen molar-refractivity contribution >= 4 is 47.0 Å². The number of aryl methyl sites for hydroxylation is 1. The maximum Gasteiger partial charge on any atom is 0.272 e. The molecule has 2 saturated heterocycles. The van der Waals surface area contributed by atoms with Gasteiger partial charge in [0.1, 0.15) is 17.5 Å². The molecule has 1 unspecified atom stereocenters. The third kappa shape index (κ3) is 11.9. The molecule has 1 aromatic heterocycles. The third-order valence-electron chi connectivity index (χ3n) is 13.8. The van der Waals surface area contributed by atoms with Crippen molar-refractivity contribution in [2.75, 3.05) is 51.2 Å². The van der Waals surface area contributed by atoms with E-state index in [1.165, 1.54) is 16.7 Å². The number of carbonyl (C=O) groups is 7. The van der Waals surface area contributed by atoms with Gasteiger partial charge in [0, 0.05) is 81.2 Å². The Morgan fingerprint density at radius 2 is 1.48 bits per heavy atom. The Labute approximate surface area is 424 Å². The summed E-state index contributed by atoms with van der Waals surface area (Å²) in [6.45, 7) is 12.1. The summed E-state index contributed by atoms with van der Waals surface area (Å²) in [7, 11) is 1.70. The number of carbonyl (C=O) groups excluding carboxylic acids is 7. The zero-order valence-electron chi connectivity index (χ0n) is 42.0. The van der Waals surface area contributed by atoms with E-state index in [1.807, 2.05) is 66.4 Å². The molecule has 5 aromatic rings. The van der Waals surface area contributed by atoms with Gasteiger partial charge in [-0.15, -0.1) is 0 Å². The van der Waals surface area contributed by atoms with Crippen LogP contribution in [0, 0.1) is 6.92 Å². The first-order valence-electron chi connectivity index (χ1n) is 24.9. The molecule has 3 aliphatic heterocycles. The number of rotatable bonds is 17. The minimum atomic E-state index is -1.10. The number of nitrogens with zero attached hydrogens (tertiary/aromatic N) is 5. The maximum atomic E-state index is 13.5. The van der Waals surface area contributed by atoms with Gasteiger partial charge in [-0.1, -0.05) is 76.1 Å². The fourth-order valence-electron chi connectivity index (χ4n) is 9.43. The van der Waals surface area contributed by atoms with Crippen molar-refractivity contribution in [2.24, 2.45) is 7.05 Å². The molecule has 1 atom stereocenters. The van der Waals surface area contributed by atoms with Crippen LogP contribution < -0.4 is 26.2 Å². The number of anilines is 1. The second-order valence-corrected chi connectivity index (χ2v) is 19.9. The van der Waals surface area contributed by atoms with Crippen LogP contribution in [0.5, 0.6) is 5.75 Å². The van der Waals surface area contributed by atoms with Crippen molar-refractivity contribution in [3.05, 3.63) is 146 Å². The largest absolute Gasteiger partial charge is 0.483 e. The van der Waals surface area contributed by atoms with Crippen molar-refractivity contribution in [2.45, 2.75) is 84.1 Å². The van der Waals surface area contributed by atoms with E-state index in [9.17, 15) is 38.4 Å². The Hall–Kier alpha value is -7.79. The summed E-state index contributed by atoms with van der Waals surface area (Å²) >= 11 is 0. The second kappa shape index (κ2) is 22.3. The minimum absolute atomic E-state index is 0.00805. The summed E-state index contributed by atoms with van der Waals surface area (Å²) < 4.78 is 7.20. The molecule has 0 spiro atoms. The highest BCUT2D eigenvalue weighted by atomic mass is 16.5. The van der Waals surface area contributed by atoms with Gasteiger partial charge < -0.3 is 24.8 Å². The van der Waals surface area contributed by atoms with E-state index in [2.05, 4.69) is 41.6 Å². The molecule has 3 aliphatic rings. The first-order valence-corrected chi connectivity index (χ1v) is 24.9. The van der Waals surface area contributed by atoms with Crippen molar-refractivity contribution in [1.82, 2.24) is 34.9 Å². The number of benzene rings is 4. The fourth-order valence-corrected chi connectivity index (χ4v) is 9.43. The second-order valence-electron chi connectivity index (χ2n) is 19.9. The summed E-state index contributed by atoms with van der Waals surface area (Å²) in [5, 5.41) is 8.06. The average Bonchev–Trinajstić information content (AvgIpc) is 3.63. The Morgan fingerprint density at radius 1 is 0.795 bits per heavy atom. The van der Waals surface area contributed by atoms with Gasteiger partial charge in [-0.25, -0.2) is 4.98 Å². The fraction of sp³-hybridized carbons (Fsp3) is 0.375. The highest BCUT2D eigenvalue weighted by Gasteiger charge is 2.46. The van der Waals surface area contributed by atoms with Crippen LogP contribution >= 0.6 is 0 Å². The van der Waals surface area contributed by atoms with E-state index in [1.54, 1.807) is 31.4 Å². The molecule has 0 radical (unpaired) electrons. The lowest BCUT2D eigenvalue weighted by atomic mass is 9.86. The lowest BCUT2D eigenvalue weighted by Crippen LogP contribution is -2.54. The molecule has 380 valence electrons. The lowest BCUT2D eigenvalue weighted by Gasteiger charge is -2.34. The zero-order valence-corrected chi connectivity index (χ0v) is 42.0. The van der Waals surface area contributed by atoms with Crippen LogP contribution in [0.3, 0.4) is 0 Å². The summed E-state index contributed by atoms with van der Waals surface area (Å²) in [5.41, 5.74) is 6.21. The molecule has 4 aromatic carbocycles. The Kier molecular flexibility index (Phi) is 15.8. The number of piperidine rings is 1. The van der Waals surface area contributed by atoms with Crippen LogP contribution in [0.2, 0.25) is 0 Å². The van der Waals surface area contributed by atoms with E-state index in [-0.39, 0.29) is 71.4 Å². The number of nitrogens with one attached hydrogen (secondary N) is 3. The molecular weight excluding hydrogens is 929 g/mol. The molecule has 0 aliphatic carbocycles. The zero-order chi connectivity index (χ0) is 52.0. The van der Waals surface area contributed by atoms with Crippen molar-refractivity contribution < 1.29 is 38.3 Å². The minimum Gasteiger partial charge on any atom is -0.483 e. The van der Waals surface area contributed by atoms with E-state index in [0.717, 1.165) is 72.5 Å². The standard InChI is InChI=1S/C56H62N8O9/c1-35-40(12-10-14-42(35)59-50(67)37-20-22-39(23-21-37)56(2,3)4)44-33-61(5)54(71)43(58-44)32-36-16-18-38(19-17-36)52(69)63-30-28-62(29-31-63)27-9-7-6-8-26-57-48(66)34-73-46-15-11-13-41-49(46)55(72)64(53(41)70)45-24-25-47(65)60-51(45)68/h10-23,33,45H,6-9,24-32,34H2,1-5H3,(H,57,66)(H,59,67)(H,60,65,68). The number of hydrogen-bond acceptors (Lipinski definition) is 11. The van der Waals surface area contributed by atoms with Crippen LogP contribution in [-0.4, -0.2) is 118 Å². The van der Waals surface area contributed by atoms with Crippen LogP contribution in [-0.2, 0) is 33.3 Å². The molecule has 4 heterocycles. The van der Waals surface area contributed by atoms with E-state index < -0.39 is 29.7 Å². The van der Waals surface area contributed by atoms with Gasteiger partial charge in [0.05, 0.1) is 16.8 Å². The lowest BCUT2D eigenvalue weighted by molar-refractivity contribution is -0.136. The quantitative estimate of drug-likeness (QED) is 0.0748. The predicted octanol–water partition coefficient (Wildman–Crippen LogP) is 5.81. The van der Waals surface area contributed by atoms with Crippen LogP contribution in [0.4, 0.5) is 5.69 Å². The maximum absolute atomic E-state index is 13.5. The molecular formula is C56H62N8O9. The van der Waals surface area contributed by atoms with Gasteiger partial charge in [0.2, 0.25) is 11.8 Å². The smallest absolute Gasteiger partial charge is 0.272 e. The molecule has 2 fully saturated rings. The number of piperazine rings is 1. The summed E-state index contributed by atoms with van der Waals surface area (Å²) in [6, 6.07) is 24.0. The van der Waals surface area contributed by atoms with Gasteiger partial charge in [0.25, 0.3) is 35.1 Å². The van der Waals surface area contributed by atoms with Crippen LogP contribution in [0.1, 0.15) is 123 Å². The molecule has 3 N–H and O–H groups in total. The molecule has 73 heavy (non-hydrogen) atoms. The molecule has 0 bridgehead atoms. The highest BCUT2D eigenvalue weighted by Crippen LogP contribution is 2.34. The number of aromatic nitrogens is 2. The molecule has 0 saturated carbocycles. The normalized spacial score (nSPS) is 16.0. The third-order valence-corrected chi connectivity index (χ3v) is 13.8. The number of hydrogen-bond donors (Lipinski definition) is 3. The van der Waals surface area contributed by atoms with Crippen LogP contribution in [0.15, 0.2) is 95.9 Å². The van der Waals surface area contributed by atoms with Crippen molar-refractivity contribution in [3.63, 3.8) is 0 Å². The van der Waals surface area contributed by atoms with Gasteiger partial charge in [-0.2, -0.15) is 0 Å². The highest BCUT2D eigenvalue weighted by molar-refractivity contribution is 6.24. The monoisotopic (exact) mass is 990 g/mol. The first kappa shape index (κ1) is 51.6. The van der Waals surface area contributed by atoms with Gasteiger partial charge in [-0.05, 0) is 97.3 Å². The number of amides is 7. The van der Waals surface area contributed by atoms with Gasteiger partial charge >= 0.3 is 0 Å². The number of fused-ring (bicyclic) bond motifs is 1. The Bertz CT molecular complexity index is 3010. The van der Waals surface area contributed by atoms with Gasteiger partial charge in [-0.3, -0.25) is 53.5 Å². The van der Waals surface area contributed by atoms with Crippen molar-refractivity contribution in [3.8, 4) is 17.0 Å². The van der Waals surface area contributed by atoms with Crippen molar-refractivity contribution in [1.29, 1.82) is 0 Å². The SMILES string of the molecule is Cc1c(NC(=O)c2ccc(C(C)(C)C)cc2)cccc1-c1cn(C)c(=O)c(Cc2ccc(C(=O)N3CCN(CCCCCCNC(=O)COc4cccc5c4C(=O)N(C4CCC(=O)NC4=O)C5=O)CC3)cc2)n1. The summed E-state index contributed by atoms with van der Waals surface area (Å²) in [5.74, 6) is -3.06. The predicted molar refractivity (Wildman–Crippen MR) is 274 cm³/mol. The van der Waals surface area contributed by atoms with E-state index in [4.69, 9.17) is 9.72 Å². The summed E-state index contributed by atoms with van der Waals surface area (Å²) in [6.07, 6.45) is 5.66. The molecule has 17 nitrogen and oxygen atoms in total.